The summed E-state index contributed by atoms with van der Waals surface area (Å²) in [4.78, 5) is 29.6. The van der Waals surface area contributed by atoms with Crippen LogP contribution in [-0.2, 0) is 4.79 Å². The molecule has 0 radical (unpaired) electrons. The van der Waals surface area contributed by atoms with Gasteiger partial charge in [-0.1, -0.05) is 0 Å². The SMILES string of the molecule is CCNC(=O)C(C)Nc1cncc(C(=O)O)n1. The van der Waals surface area contributed by atoms with E-state index in [1.165, 1.54) is 6.20 Å². The van der Waals surface area contributed by atoms with Crippen LogP contribution in [0.25, 0.3) is 0 Å². The molecule has 0 fully saturated rings. The number of anilines is 1. The van der Waals surface area contributed by atoms with E-state index in [1.54, 1.807) is 6.92 Å². The van der Waals surface area contributed by atoms with Crippen molar-refractivity contribution in [3.05, 3.63) is 18.1 Å². The van der Waals surface area contributed by atoms with Crippen molar-refractivity contribution in [2.75, 3.05) is 11.9 Å². The average molecular weight is 238 g/mol. The Bertz CT molecular complexity index is 422. The van der Waals surface area contributed by atoms with Crippen LogP contribution in [0.15, 0.2) is 12.4 Å². The van der Waals surface area contributed by atoms with E-state index in [-0.39, 0.29) is 17.4 Å². The summed E-state index contributed by atoms with van der Waals surface area (Å²) in [5.41, 5.74) is -0.168. The van der Waals surface area contributed by atoms with E-state index < -0.39 is 12.0 Å². The Balaban J connectivity index is 2.71. The quantitative estimate of drug-likeness (QED) is 0.672. The number of nitrogens with one attached hydrogen (secondary N) is 2. The molecular weight excluding hydrogens is 224 g/mol. The molecule has 1 amide bonds. The van der Waals surface area contributed by atoms with Crippen molar-refractivity contribution in [3.8, 4) is 0 Å². The molecule has 0 saturated carbocycles. The fraction of sp³-hybridized carbons (Fsp3) is 0.400. The molecule has 3 N–H and O–H groups in total. The molecule has 0 saturated heterocycles. The van der Waals surface area contributed by atoms with E-state index in [1.807, 2.05) is 6.92 Å². The predicted molar refractivity (Wildman–Crippen MR) is 60.8 cm³/mol. The van der Waals surface area contributed by atoms with Crippen molar-refractivity contribution in [1.29, 1.82) is 0 Å². The number of amides is 1. The topological polar surface area (TPSA) is 104 Å². The van der Waals surface area contributed by atoms with Gasteiger partial charge in [-0.3, -0.25) is 9.78 Å². The van der Waals surface area contributed by atoms with Crippen LogP contribution in [0.2, 0.25) is 0 Å². The third-order valence-electron chi connectivity index (χ3n) is 1.96. The minimum atomic E-state index is -1.16. The highest BCUT2D eigenvalue weighted by atomic mass is 16.4. The normalized spacial score (nSPS) is 11.6. The smallest absolute Gasteiger partial charge is 0.356 e. The highest BCUT2D eigenvalue weighted by Gasteiger charge is 2.13. The van der Waals surface area contributed by atoms with Crippen LogP contribution in [0.5, 0.6) is 0 Å². The van der Waals surface area contributed by atoms with E-state index in [0.717, 1.165) is 6.20 Å². The standard InChI is InChI=1S/C10H14N4O3/c1-3-12-9(15)6(2)13-8-5-11-4-7(14-8)10(16)17/h4-6H,3H2,1-2H3,(H,12,15)(H,13,14)(H,16,17). The first kappa shape index (κ1) is 12.9. The lowest BCUT2D eigenvalue weighted by Gasteiger charge is -2.13. The Morgan fingerprint density at radius 2 is 2.18 bits per heavy atom. The third kappa shape index (κ3) is 3.71. The maximum atomic E-state index is 11.4. The maximum Gasteiger partial charge on any atom is 0.356 e. The van der Waals surface area contributed by atoms with Crippen molar-refractivity contribution >= 4 is 17.7 Å². The zero-order valence-electron chi connectivity index (χ0n) is 9.60. The maximum absolute atomic E-state index is 11.4. The van der Waals surface area contributed by atoms with E-state index in [4.69, 9.17) is 5.11 Å². The lowest BCUT2D eigenvalue weighted by Crippen LogP contribution is -2.37. The Labute approximate surface area is 98.3 Å². The van der Waals surface area contributed by atoms with Gasteiger partial charge < -0.3 is 15.7 Å². The van der Waals surface area contributed by atoms with Crippen LogP contribution in [0.3, 0.4) is 0 Å². The molecule has 92 valence electrons. The first-order valence-corrected chi connectivity index (χ1v) is 5.14. The summed E-state index contributed by atoms with van der Waals surface area (Å²) >= 11 is 0. The number of likely N-dealkylation sites (N-methyl/N-ethyl adjacent to an activating group) is 1. The molecule has 7 heteroatoms. The molecular formula is C10H14N4O3. The summed E-state index contributed by atoms with van der Waals surface area (Å²) in [7, 11) is 0. The first-order valence-electron chi connectivity index (χ1n) is 5.14. The van der Waals surface area contributed by atoms with Gasteiger partial charge in [0.15, 0.2) is 5.69 Å². The van der Waals surface area contributed by atoms with Crippen LogP contribution >= 0.6 is 0 Å². The minimum Gasteiger partial charge on any atom is -0.476 e. The second-order valence-corrected chi connectivity index (χ2v) is 3.36. The Morgan fingerprint density at radius 3 is 2.76 bits per heavy atom. The molecule has 0 aliphatic rings. The first-order chi connectivity index (χ1) is 8.04. The number of aromatic nitrogens is 2. The van der Waals surface area contributed by atoms with Crippen molar-refractivity contribution < 1.29 is 14.7 Å². The van der Waals surface area contributed by atoms with Crippen LogP contribution in [-0.4, -0.2) is 39.5 Å². The number of carbonyl (C=O) groups is 2. The van der Waals surface area contributed by atoms with Crippen molar-refractivity contribution in [1.82, 2.24) is 15.3 Å². The highest BCUT2D eigenvalue weighted by molar-refractivity contribution is 5.86. The van der Waals surface area contributed by atoms with Gasteiger partial charge in [0.2, 0.25) is 5.91 Å². The van der Waals surface area contributed by atoms with Gasteiger partial charge in [-0.25, -0.2) is 9.78 Å². The molecule has 0 aliphatic carbocycles. The molecule has 1 rings (SSSR count). The molecule has 0 aliphatic heterocycles. The summed E-state index contributed by atoms with van der Waals surface area (Å²) in [6.07, 6.45) is 2.51. The van der Waals surface area contributed by atoms with E-state index >= 15 is 0 Å². The fourth-order valence-electron chi connectivity index (χ4n) is 1.15. The Hall–Kier alpha value is -2.18. The summed E-state index contributed by atoms with van der Waals surface area (Å²) in [6.45, 7) is 4.00. The average Bonchev–Trinajstić information content (AvgIpc) is 2.29. The van der Waals surface area contributed by atoms with Gasteiger partial charge in [0.1, 0.15) is 11.9 Å². The van der Waals surface area contributed by atoms with Gasteiger partial charge >= 0.3 is 5.97 Å². The molecule has 7 nitrogen and oxygen atoms in total. The van der Waals surface area contributed by atoms with Gasteiger partial charge in [-0.05, 0) is 13.8 Å². The zero-order chi connectivity index (χ0) is 12.8. The second-order valence-electron chi connectivity index (χ2n) is 3.36. The summed E-state index contributed by atoms with van der Waals surface area (Å²) in [6, 6.07) is -0.506. The number of nitrogens with zero attached hydrogens (tertiary/aromatic N) is 2. The predicted octanol–water partition coefficient (Wildman–Crippen LogP) is 0.111. The van der Waals surface area contributed by atoms with E-state index in [0.29, 0.717) is 6.54 Å². The summed E-state index contributed by atoms with van der Waals surface area (Å²) in [5, 5.41) is 14.1. The van der Waals surface area contributed by atoms with Crippen LogP contribution in [0.4, 0.5) is 5.82 Å². The number of hydrogen-bond acceptors (Lipinski definition) is 5. The van der Waals surface area contributed by atoms with Gasteiger partial charge in [0.25, 0.3) is 0 Å². The number of carboxylic acid groups (broad SMARTS) is 1. The monoisotopic (exact) mass is 238 g/mol. The molecule has 1 heterocycles. The van der Waals surface area contributed by atoms with Crippen molar-refractivity contribution in [2.45, 2.75) is 19.9 Å². The number of carbonyl (C=O) groups excluding carboxylic acids is 1. The molecule has 1 atom stereocenters. The molecule has 0 spiro atoms. The van der Waals surface area contributed by atoms with Crippen LogP contribution < -0.4 is 10.6 Å². The van der Waals surface area contributed by atoms with E-state index in [9.17, 15) is 9.59 Å². The Kier molecular flexibility index (Phi) is 4.38. The van der Waals surface area contributed by atoms with E-state index in [2.05, 4.69) is 20.6 Å². The largest absolute Gasteiger partial charge is 0.476 e. The minimum absolute atomic E-state index is 0.168. The second kappa shape index (κ2) is 5.78. The highest BCUT2D eigenvalue weighted by Crippen LogP contribution is 2.04. The molecule has 1 aromatic rings. The molecule has 0 aromatic carbocycles. The number of carboxylic acids is 1. The number of aromatic carboxylic acids is 1. The fourth-order valence-corrected chi connectivity index (χ4v) is 1.15. The van der Waals surface area contributed by atoms with Gasteiger partial charge in [0.05, 0.1) is 12.4 Å². The van der Waals surface area contributed by atoms with Crippen LogP contribution in [0, 0.1) is 0 Å². The molecule has 0 bridgehead atoms. The molecule has 1 aromatic heterocycles. The zero-order valence-corrected chi connectivity index (χ0v) is 9.60. The molecule has 1 unspecified atom stereocenters. The van der Waals surface area contributed by atoms with Gasteiger partial charge in [0, 0.05) is 6.54 Å². The van der Waals surface area contributed by atoms with Crippen molar-refractivity contribution in [3.63, 3.8) is 0 Å². The van der Waals surface area contributed by atoms with Crippen LogP contribution in [0.1, 0.15) is 24.3 Å². The lowest BCUT2D eigenvalue weighted by molar-refractivity contribution is -0.121. The lowest BCUT2D eigenvalue weighted by atomic mass is 10.3. The van der Waals surface area contributed by atoms with Gasteiger partial charge in [-0.2, -0.15) is 0 Å². The Morgan fingerprint density at radius 1 is 1.47 bits per heavy atom. The summed E-state index contributed by atoms with van der Waals surface area (Å²) in [5.74, 6) is -1.09. The summed E-state index contributed by atoms with van der Waals surface area (Å²) < 4.78 is 0. The van der Waals surface area contributed by atoms with Gasteiger partial charge in [-0.15, -0.1) is 0 Å². The number of rotatable bonds is 5. The number of hydrogen-bond donors (Lipinski definition) is 3. The molecule has 17 heavy (non-hydrogen) atoms. The third-order valence-corrected chi connectivity index (χ3v) is 1.96. The van der Waals surface area contributed by atoms with Crippen molar-refractivity contribution in [2.24, 2.45) is 0 Å².